The summed E-state index contributed by atoms with van der Waals surface area (Å²) in [6.45, 7) is 4.04. The number of nitrogens with two attached hydrogens (primary N) is 1. The predicted octanol–water partition coefficient (Wildman–Crippen LogP) is 1.80. The van der Waals surface area contributed by atoms with Gasteiger partial charge in [0, 0.05) is 6.04 Å². The SMILES string of the molecule is CCC(CC)Nc1c(C(N)c2ccc(C#N)cc2)c(=O)c1=O. The molecule has 0 spiro atoms. The number of hydrogen-bond acceptors (Lipinski definition) is 5. The van der Waals surface area contributed by atoms with Crippen LogP contribution >= 0.6 is 0 Å². The van der Waals surface area contributed by atoms with E-state index in [9.17, 15) is 9.59 Å². The highest BCUT2D eigenvalue weighted by Crippen LogP contribution is 2.24. The Morgan fingerprint density at radius 1 is 1.14 bits per heavy atom. The fourth-order valence-corrected chi connectivity index (χ4v) is 2.48. The molecule has 5 heteroatoms. The first kappa shape index (κ1) is 15.9. The number of anilines is 1. The molecule has 0 saturated heterocycles. The first-order valence-corrected chi connectivity index (χ1v) is 7.38. The maximum absolute atomic E-state index is 11.9. The van der Waals surface area contributed by atoms with E-state index >= 15 is 0 Å². The van der Waals surface area contributed by atoms with Crippen LogP contribution < -0.4 is 21.9 Å². The number of nitriles is 1. The van der Waals surface area contributed by atoms with Gasteiger partial charge in [-0.25, -0.2) is 0 Å². The van der Waals surface area contributed by atoms with Crippen LogP contribution in [0.25, 0.3) is 0 Å². The van der Waals surface area contributed by atoms with Gasteiger partial charge in [0.15, 0.2) is 0 Å². The number of benzene rings is 1. The Morgan fingerprint density at radius 2 is 1.73 bits per heavy atom. The predicted molar refractivity (Wildman–Crippen MR) is 86.5 cm³/mol. The Labute approximate surface area is 129 Å². The molecule has 0 aliphatic heterocycles. The summed E-state index contributed by atoms with van der Waals surface area (Å²) in [4.78, 5) is 23.7. The van der Waals surface area contributed by atoms with Crippen LogP contribution in [0.1, 0.15) is 49.4 Å². The van der Waals surface area contributed by atoms with Crippen molar-refractivity contribution in [2.24, 2.45) is 5.73 Å². The minimum Gasteiger partial charge on any atom is -0.379 e. The van der Waals surface area contributed by atoms with Gasteiger partial charge in [0.25, 0.3) is 0 Å². The van der Waals surface area contributed by atoms with E-state index in [-0.39, 0.29) is 6.04 Å². The number of nitrogens with one attached hydrogen (secondary N) is 1. The molecule has 2 aromatic rings. The molecule has 1 atom stereocenters. The average Bonchev–Trinajstić information content (AvgIpc) is 2.57. The molecule has 0 bridgehead atoms. The quantitative estimate of drug-likeness (QED) is 0.793. The van der Waals surface area contributed by atoms with E-state index in [0.717, 1.165) is 12.8 Å². The molecule has 2 rings (SSSR count). The molecule has 2 aromatic carbocycles. The summed E-state index contributed by atoms with van der Waals surface area (Å²) in [5.41, 5.74) is 7.03. The van der Waals surface area contributed by atoms with E-state index in [1.54, 1.807) is 24.3 Å². The van der Waals surface area contributed by atoms with E-state index in [1.165, 1.54) is 0 Å². The van der Waals surface area contributed by atoms with Gasteiger partial charge in [-0.3, -0.25) is 9.59 Å². The summed E-state index contributed by atoms with van der Waals surface area (Å²) in [5.74, 6) is 0. The van der Waals surface area contributed by atoms with Crippen LogP contribution in [-0.4, -0.2) is 6.04 Å². The lowest BCUT2D eigenvalue weighted by Crippen LogP contribution is -2.43. The van der Waals surface area contributed by atoms with Crippen molar-refractivity contribution < 1.29 is 0 Å². The molecule has 0 fully saturated rings. The lowest BCUT2D eigenvalue weighted by atomic mass is 9.93. The molecular formula is C17H19N3O2. The molecule has 0 aromatic heterocycles. The van der Waals surface area contributed by atoms with Crippen molar-refractivity contribution in [3.8, 4) is 6.07 Å². The zero-order chi connectivity index (χ0) is 16.3. The lowest BCUT2D eigenvalue weighted by molar-refractivity contribution is 0.666. The van der Waals surface area contributed by atoms with Crippen molar-refractivity contribution in [2.45, 2.75) is 38.8 Å². The van der Waals surface area contributed by atoms with Crippen molar-refractivity contribution in [1.82, 2.24) is 0 Å². The van der Waals surface area contributed by atoms with E-state index < -0.39 is 16.9 Å². The van der Waals surface area contributed by atoms with Crippen LogP contribution in [0.5, 0.6) is 0 Å². The summed E-state index contributed by atoms with van der Waals surface area (Å²) in [7, 11) is 0. The van der Waals surface area contributed by atoms with Crippen molar-refractivity contribution in [2.75, 3.05) is 5.32 Å². The highest BCUT2D eigenvalue weighted by atomic mass is 16.2. The van der Waals surface area contributed by atoms with Crippen LogP contribution in [0, 0.1) is 11.3 Å². The summed E-state index contributed by atoms with van der Waals surface area (Å²) < 4.78 is 0. The molecule has 1 unspecified atom stereocenters. The highest BCUT2D eigenvalue weighted by Gasteiger charge is 2.27. The number of nitrogens with zero attached hydrogens (tertiary/aromatic N) is 1. The third kappa shape index (κ3) is 2.78. The zero-order valence-electron chi connectivity index (χ0n) is 12.7. The monoisotopic (exact) mass is 297 g/mol. The molecule has 0 radical (unpaired) electrons. The van der Waals surface area contributed by atoms with Crippen molar-refractivity contribution >= 4 is 5.69 Å². The van der Waals surface area contributed by atoms with Gasteiger partial charge in [-0.1, -0.05) is 26.0 Å². The van der Waals surface area contributed by atoms with Crippen LogP contribution in [0.3, 0.4) is 0 Å². The Morgan fingerprint density at radius 3 is 2.23 bits per heavy atom. The third-order valence-electron chi connectivity index (χ3n) is 3.99. The average molecular weight is 297 g/mol. The molecule has 3 N–H and O–H groups in total. The first-order valence-electron chi connectivity index (χ1n) is 7.38. The van der Waals surface area contributed by atoms with Gasteiger partial charge in [-0.15, -0.1) is 0 Å². The van der Waals surface area contributed by atoms with Crippen LogP contribution in [-0.2, 0) is 0 Å². The van der Waals surface area contributed by atoms with Gasteiger partial charge in [-0.05, 0) is 30.5 Å². The van der Waals surface area contributed by atoms with Gasteiger partial charge in [-0.2, -0.15) is 5.26 Å². The maximum atomic E-state index is 11.9. The zero-order valence-corrected chi connectivity index (χ0v) is 12.7. The second-order valence-corrected chi connectivity index (χ2v) is 5.32. The summed E-state index contributed by atoms with van der Waals surface area (Å²) in [6, 6.07) is 8.23. The Bertz CT molecular complexity index is 761. The Hall–Kier alpha value is -2.45. The van der Waals surface area contributed by atoms with Crippen LogP contribution in [0.2, 0.25) is 0 Å². The fraction of sp³-hybridized carbons (Fsp3) is 0.353. The minimum absolute atomic E-state index is 0.148. The topological polar surface area (TPSA) is 96.0 Å². The largest absolute Gasteiger partial charge is 0.379 e. The second-order valence-electron chi connectivity index (χ2n) is 5.32. The van der Waals surface area contributed by atoms with Gasteiger partial charge in [0.1, 0.15) is 0 Å². The van der Waals surface area contributed by atoms with Crippen molar-refractivity contribution in [3.05, 3.63) is 61.4 Å². The number of rotatable bonds is 6. The van der Waals surface area contributed by atoms with Crippen molar-refractivity contribution in [1.29, 1.82) is 5.26 Å². The Balaban J connectivity index is 2.32. The molecule has 0 aliphatic rings. The molecule has 0 aliphatic carbocycles. The molecule has 0 saturated carbocycles. The van der Waals surface area contributed by atoms with Crippen LogP contribution in [0.15, 0.2) is 33.9 Å². The summed E-state index contributed by atoms with van der Waals surface area (Å²) >= 11 is 0. The fourth-order valence-electron chi connectivity index (χ4n) is 2.48. The minimum atomic E-state index is -0.658. The number of hydrogen-bond donors (Lipinski definition) is 2. The smallest absolute Gasteiger partial charge is 0.249 e. The molecule has 22 heavy (non-hydrogen) atoms. The summed E-state index contributed by atoms with van der Waals surface area (Å²) in [5, 5.41) is 11.9. The molecular weight excluding hydrogens is 278 g/mol. The molecule has 114 valence electrons. The van der Waals surface area contributed by atoms with Gasteiger partial charge < -0.3 is 11.1 Å². The molecule has 0 amide bonds. The highest BCUT2D eigenvalue weighted by molar-refractivity contribution is 5.60. The normalized spacial score (nSPS) is 12.3. The summed E-state index contributed by atoms with van der Waals surface area (Å²) in [6.07, 6.45) is 1.72. The lowest BCUT2D eigenvalue weighted by Gasteiger charge is -2.23. The van der Waals surface area contributed by atoms with Crippen LogP contribution in [0.4, 0.5) is 5.69 Å². The van der Waals surface area contributed by atoms with E-state index in [2.05, 4.69) is 5.32 Å². The molecule has 5 nitrogen and oxygen atoms in total. The van der Waals surface area contributed by atoms with Gasteiger partial charge in [0.2, 0.25) is 10.9 Å². The van der Waals surface area contributed by atoms with E-state index in [1.807, 2.05) is 19.9 Å². The van der Waals surface area contributed by atoms with Gasteiger partial charge in [0.05, 0.1) is 28.9 Å². The second kappa shape index (κ2) is 6.54. The third-order valence-corrected chi connectivity index (χ3v) is 3.99. The Kier molecular flexibility index (Phi) is 4.74. The standard InChI is InChI=1S/C17H19N3O2/c1-3-12(4-2)20-15-13(16(21)17(15)22)14(19)11-7-5-10(9-18)6-8-11/h5-8,12,14,20H,3-4,19H2,1-2H3. The first-order chi connectivity index (χ1) is 10.5. The van der Waals surface area contributed by atoms with E-state index in [0.29, 0.717) is 22.4 Å². The van der Waals surface area contributed by atoms with Gasteiger partial charge >= 0.3 is 0 Å². The maximum Gasteiger partial charge on any atom is 0.249 e. The van der Waals surface area contributed by atoms with Crippen molar-refractivity contribution in [3.63, 3.8) is 0 Å². The van der Waals surface area contributed by atoms with E-state index in [4.69, 9.17) is 11.0 Å². The molecule has 0 heterocycles.